The Morgan fingerprint density at radius 2 is 1.89 bits per heavy atom. The van der Waals surface area contributed by atoms with Crippen LogP contribution < -0.4 is 10.2 Å². The molecule has 1 aliphatic heterocycles. The van der Waals surface area contributed by atoms with Crippen LogP contribution in [0.5, 0.6) is 0 Å². The predicted molar refractivity (Wildman–Crippen MR) is 73.0 cm³/mol. The Morgan fingerprint density at radius 1 is 1.22 bits per heavy atom. The van der Waals surface area contributed by atoms with Gasteiger partial charge in [-0.15, -0.1) is 0 Å². The van der Waals surface area contributed by atoms with Gasteiger partial charge in [-0.05, 0) is 13.8 Å². The van der Waals surface area contributed by atoms with Gasteiger partial charge in [0, 0.05) is 27.2 Å². The molecule has 2 rings (SSSR count). The van der Waals surface area contributed by atoms with Crippen molar-refractivity contribution >= 4 is 17.6 Å². The zero-order valence-electron chi connectivity index (χ0n) is 11.4. The molecule has 6 nitrogen and oxygen atoms in total. The van der Waals surface area contributed by atoms with Crippen LogP contribution in [0.2, 0.25) is 0 Å². The summed E-state index contributed by atoms with van der Waals surface area (Å²) in [5.74, 6) is 2.44. The molecule has 1 unspecified atom stereocenters. The van der Waals surface area contributed by atoms with Gasteiger partial charge in [0.2, 0.25) is 11.9 Å². The first-order chi connectivity index (χ1) is 8.49. The quantitative estimate of drug-likeness (QED) is 0.813. The van der Waals surface area contributed by atoms with Crippen LogP contribution in [-0.4, -0.2) is 44.1 Å². The fourth-order valence-electron chi connectivity index (χ4n) is 1.79. The number of nitrogens with one attached hydrogen (secondary N) is 1. The van der Waals surface area contributed by atoms with Gasteiger partial charge in [-0.2, -0.15) is 0 Å². The standard InChI is InChI=1S/C12H19N5O/c1-8-10(6-7-18-8)17(5)12-14-9(2)13-11(15-12)16(3)4/h6-7,9H,1-5H3,(H,13,14,15). The molecule has 18 heavy (non-hydrogen) atoms. The van der Waals surface area contributed by atoms with Crippen LogP contribution in [0.1, 0.15) is 12.7 Å². The van der Waals surface area contributed by atoms with Crippen LogP contribution in [0, 0.1) is 6.92 Å². The summed E-state index contributed by atoms with van der Waals surface area (Å²) < 4.78 is 5.31. The van der Waals surface area contributed by atoms with Crippen LogP contribution in [0.25, 0.3) is 0 Å². The smallest absolute Gasteiger partial charge is 0.207 e. The van der Waals surface area contributed by atoms with Gasteiger partial charge in [-0.1, -0.05) is 0 Å². The van der Waals surface area contributed by atoms with Gasteiger partial charge in [0.15, 0.2) is 0 Å². The predicted octanol–water partition coefficient (Wildman–Crippen LogP) is 1.25. The third kappa shape index (κ3) is 2.32. The zero-order valence-corrected chi connectivity index (χ0v) is 11.4. The fraction of sp³-hybridized carbons (Fsp3) is 0.500. The lowest BCUT2D eigenvalue weighted by molar-refractivity contribution is 0.534. The van der Waals surface area contributed by atoms with Crippen LogP contribution in [0.4, 0.5) is 5.69 Å². The van der Waals surface area contributed by atoms with E-state index in [4.69, 9.17) is 4.42 Å². The Labute approximate surface area is 107 Å². The molecule has 0 saturated carbocycles. The summed E-state index contributed by atoms with van der Waals surface area (Å²) in [4.78, 5) is 12.8. The van der Waals surface area contributed by atoms with Crippen molar-refractivity contribution in [3.8, 4) is 0 Å². The highest BCUT2D eigenvalue weighted by molar-refractivity contribution is 6.07. The van der Waals surface area contributed by atoms with E-state index in [9.17, 15) is 0 Å². The van der Waals surface area contributed by atoms with E-state index in [1.54, 1.807) is 6.26 Å². The average Bonchev–Trinajstić information content (AvgIpc) is 2.73. The van der Waals surface area contributed by atoms with Gasteiger partial charge in [-0.25, -0.2) is 9.98 Å². The van der Waals surface area contributed by atoms with Gasteiger partial charge in [0.1, 0.15) is 11.9 Å². The molecule has 0 spiro atoms. The molecule has 1 aromatic rings. The Bertz CT molecular complexity index is 488. The molecule has 1 atom stereocenters. The van der Waals surface area contributed by atoms with Crippen LogP contribution in [-0.2, 0) is 0 Å². The first kappa shape index (κ1) is 12.5. The summed E-state index contributed by atoms with van der Waals surface area (Å²) in [6.07, 6.45) is 1.59. The minimum absolute atomic E-state index is 0.0895. The van der Waals surface area contributed by atoms with Crippen LogP contribution in [0.15, 0.2) is 26.7 Å². The highest BCUT2D eigenvalue weighted by Crippen LogP contribution is 2.20. The van der Waals surface area contributed by atoms with E-state index >= 15 is 0 Å². The van der Waals surface area contributed by atoms with E-state index in [1.165, 1.54) is 0 Å². The molecule has 98 valence electrons. The second kappa shape index (κ2) is 4.72. The van der Waals surface area contributed by atoms with E-state index < -0.39 is 0 Å². The summed E-state index contributed by atoms with van der Waals surface area (Å²) in [7, 11) is 5.85. The van der Waals surface area contributed by atoms with Gasteiger partial charge < -0.3 is 14.2 Å². The Hall–Kier alpha value is -1.98. The van der Waals surface area contributed by atoms with E-state index in [0.717, 1.165) is 23.4 Å². The van der Waals surface area contributed by atoms with Gasteiger partial charge in [-0.3, -0.25) is 5.32 Å². The second-order valence-corrected chi connectivity index (χ2v) is 4.48. The maximum absolute atomic E-state index is 5.31. The summed E-state index contributed by atoms with van der Waals surface area (Å²) in [6.45, 7) is 3.89. The molecule has 1 aliphatic rings. The molecule has 1 N–H and O–H groups in total. The molecular formula is C12H19N5O. The van der Waals surface area contributed by atoms with Crippen molar-refractivity contribution in [3.63, 3.8) is 0 Å². The molecule has 2 heterocycles. The number of anilines is 1. The number of hydrogen-bond donors (Lipinski definition) is 1. The van der Waals surface area contributed by atoms with Crippen molar-refractivity contribution in [2.75, 3.05) is 26.0 Å². The summed E-state index contributed by atoms with van der Waals surface area (Å²) in [6, 6.07) is 1.92. The topological polar surface area (TPSA) is 56.4 Å². The maximum Gasteiger partial charge on any atom is 0.207 e. The normalized spacial score (nSPS) is 18.8. The van der Waals surface area contributed by atoms with Gasteiger partial charge in [0.05, 0.1) is 12.0 Å². The third-order valence-corrected chi connectivity index (χ3v) is 2.78. The largest absolute Gasteiger partial charge is 0.467 e. The monoisotopic (exact) mass is 249 g/mol. The summed E-state index contributed by atoms with van der Waals surface area (Å²) in [5.41, 5.74) is 0.994. The molecule has 0 fully saturated rings. The first-order valence-electron chi connectivity index (χ1n) is 5.87. The fourth-order valence-corrected chi connectivity index (χ4v) is 1.79. The molecule has 0 saturated heterocycles. The van der Waals surface area contributed by atoms with Crippen molar-refractivity contribution in [2.45, 2.75) is 20.0 Å². The van der Waals surface area contributed by atoms with Crippen molar-refractivity contribution in [1.82, 2.24) is 10.2 Å². The molecule has 0 aromatic carbocycles. The second-order valence-electron chi connectivity index (χ2n) is 4.48. The van der Waals surface area contributed by atoms with Crippen LogP contribution >= 0.6 is 0 Å². The minimum atomic E-state index is -0.0895. The first-order valence-corrected chi connectivity index (χ1v) is 5.87. The maximum atomic E-state index is 5.31. The molecule has 1 aromatic heterocycles. The van der Waals surface area contributed by atoms with E-state index in [2.05, 4.69) is 15.3 Å². The zero-order chi connectivity index (χ0) is 13.3. The lowest BCUT2D eigenvalue weighted by Gasteiger charge is -2.28. The number of aryl methyl sites for hydroxylation is 1. The summed E-state index contributed by atoms with van der Waals surface area (Å²) in [5, 5.41) is 3.21. The minimum Gasteiger partial charge on any atom is -0.467 e. The van der Waals surface area contributed by atoms with Crippen molar-refractivity contribution in [2.24, 2.45) is 9.98 Å². The molecule has 0 aliphatic carbocycles. The number of nitrogens with zero attached hydrogens (tertiary/aromatic N) is 4. The third-order valence-electron chi connectivity index (χ3n) is 2.78. The van der Waals surface area contributed by atoms with E-state index in [-0.39, 0.29) is 6.17 Å². The summed E-state index contributed by atoms with van der Waals surface area (Å²) >= 11 is 0. The number of hydrogen-bond acceptors (Lipinski definition) is 6. The average molecular weight is 249 g/mol. The molecule has 0 bridgehead atoms. The number of furan rings is 1. The Morgan fingerprint density at radius 3 is 2.44 bits per heavy atom. The molecular weight excluding hydrogens is 230 g/mol. The Kier molecular flexibility index (Phi) is 3.27. The van der Waals surface area contributed by atoms with Crippen molar-refractivity contribution in [1.29, 1.82) is 0 Å². The Balaban J connectivity index is 2.22. The highest BCUT2D eigenvalue weighted by Gasteiger charge is 2.20. The SMILES string of the molecule is Cc1occc1N(C)C1=NC(C)N=C(N(C)C)N1. The van der Waals surface area contributed by atoms with Gasteiger partial charge >= 0.3 is 0 Å². The van der Waals surface area contributed by atoms with Gasteiger partial charge in [0.25, 0.3) is 0 Å². The molecule has 0 radical (unpaired) electrons. The molecule has 0 amide bonds. The van der Waals surface area contributed by atoms with Crippen molar-refractivity contribution in [3.05, 3.63) is 18.1 Å². The number of rotatable bonds is 1. The number of guanidine groups is 2. The van der Waals surface area contributed by atoms with E-state index in [1.807, 2.05) is 50.9 Å². The van der Waals surface area contributed by atoms with E-state index in [0.29, 0.717) is 0 Å². The lowest BCUT2D eigenvalue weighted by Crippen LogP contribution is -2.50. The lowest BCUT2D eigenvalue weighted by atomic mass is 10.3. The van der Waals surface area contributed by atoms with Crippen LogP contribution in [0.3, 0.4) is 0 Å². The molecule has 6 heteroatoms. The number of aliphatic imine (C=N–C) groups is 2. The van der Waals surface area contributed by atoms with Crippen molar-refractivity contribution < 1.29 is 4.42 Å². The highest BCUT2D eigenvalue weighted by atomic mass is 16.3.